The second-order valence-electron chi connectivity index (χ2n) is 7.88. The molecule has 184 valence electrons. The van der Waals surface area contributed by atoms with Gasteiger partial charge in [0.2, 0.25) is 0 Å². The molecule has 0 spiro atoms. The van der Waals surface area contributed by atoms with Crippen LogP contribution in [0.2, 0.25) is 0 Å². The van der Waals surface area contributed by atoms with Crippen molar-refractivity contribution in [1.29, 1.82) is 0 Å². The SMILES string of the molecule is CC(N)(CO)c1nnc(-c2ccc(OCCCCCOc3ccccc3F)c(C(F)(F)F)c2)s1. The minimum Gasteiger partial charge on any atom is -0.493 e. The van der Waals surface area contributed by atoms with Crippen LogP contribution >= 0.6 is 11.3 Å². The summed E-state index contributed by atoms with van der Waals surface area (Å²) in [5.41, 5.74) is 4.10. The van der Waals surface area contributed by atoms with Crippen LogP contribution in [-0.2, 0) is 11.7 Å². The monoisotopic (exact) mass is 499 g/mol. The zero-order valence-corrected chi connectivity index (χ0v) is 19.3. The molecule has 0 saturated carbocycles. The summed E-state index contributed by atoms with van der Waals surface area (Å²) >= 11 is 1.02. The molecule has 0 bridgehead atoms. The van der Waals surface area contributed by atoms with E-state index >= 15 is 0 Å². The van der Waals surface area contributed by atoms with Crippen LogP contribution in [0.25, 0.3) is 10.6 Å². The normalized spacial score (nSPS) is 13.5. The molecule has 0 saturated heterocycles. The fourth-order valence-electron chi connectivity index (χ4n) is 2.96. The molecule has 3 aromatic rings. The van der Waals surface area contributed by atoms with E-state index in [-0.39, 0.29) is 35.3 Å². The minimum absolute atomic E-state index is 0.0904. The molecule has 34 heavy (non-hydrogen) atoms. The molecule has 0 aliphatic heterocycles. The highest BCUT2D eigenvalue weighted by Crippen LogP contribution is 2.39. The molecule has 0 aliphatic carbocycles. The van der Waals surface area contributed by atoms with Crippen molar-refractivity contribution in [3.8, 4) is 22.1 Å². The van der Waals surface area contributed by atoms with E-state index in [1.165, 1.54) is 24.3 Å². The van der Waals surface area contributed by atoms with Crippen LogP contribution < -0.4 is 15.2 Å². The van der Waals surface area contributed by atoms with Gasteiger partial charge in [-0.05, 0) is 56.5 Å². The van der Waals surface area contributed by atoms with Gasteiger partial charge in [-0.1, -0.05) is 23.5 Å². The van der Waals surface area contributed by atoms with Gasteiger partial charge in [0.15, 0.2) is 11.6 Å². The molecule has 0 amide bonds. The van der Waals surface area contributed by atoms with Gasteiger partial charge in [0.05, 0.1) is 30.9 Å². The topological polar surface area (TPSA) is 90.5 Å². The minimum atomic E-state index is -4.63. The molecule has 0 aliphatic rings. The average Bonchev–Trinajstić information content (AvgIpc) is 3.30. The lowest BCUT2D eigenvalue weighted by atomic mass is 10.1. The number of aliphatic hydroxyl groups excluding tert-OH is 1. The number of para-hydroxylation sites is 1. The maximum atomic E-state index is 13.6. The highest BCUT2D eigenvalue weighted by molar-refractivity contribution is 7.14. The number of ether oxygens (including phenoxy) is 2. The summed E-state index contributed by atoms with van der Waals surface area (Å²) in [6.07, 6.45) is -2.87. The first kappa shape index (κ1) is 25.9. The van der Waals surface area contributed by atoms with Gasteiger partial charge in [0, 0.05) is 5.56 Å². The molecule has 1 heterocycles. The van der Waals surface area contributed by atoms with E-state index in [1.54, 1.807) is 19.1 Å². The third kappa shape index (κ3) is 6.64. The predicted octanol–water partition coefficient (Wildman–Crippen LogP) is 5.16. The van der Waals surface area contributed by atoms with Crippen LogP contribution in [0.3, 0.4) is 0 Å². The first-order valence-electron chi connectivity index (χ1n) is 10.6. The van der Waals surface area contributed by atoms with Gasteiger partial charge >= 0.3 is 6.18 Å². The van der Waals surface area contributed by atoms with Crippen LogP contribution in [0.5, 0.6) is 11.5 Å². The molecule has 2 aromatic carbocycles. The molecular formula is C23H25F4N3O3S. The number of rotatable bonds is 11. The van der Waals surface area contributed by atoms with E-state index in [4.69, 9.17) is 15.2 Å². The summed E-state index contributed by atoms with van der Waals surface area (Å²) < 4.78 is 65.2. The van der Waals surface area contributed by atoms with Gasteiger partial charge in [-0.15, -0.1) is 10.2 Å². The van der Waals surface area contributed by atoms with Crippen molar-refractivity contribution in [2.45, 2.75) is 37.9 Å². The van der Waals surface area contributed by atoms with E-state index in [9.17, 15) is 22.7 Å². The second kappa shape index (κ2) is 11.1. The Labute approximate surface area is 198 Å². The third-order valence-electron chi connectivity index (χ3n) is 4.91. The summed E-state index contributed by atoms with van der Waals surface area (Å²) in [5, 5.41) is 17.7. The zero-order chi connectivity index (χ0) is 24.8. The van der Waals surface area contributed by atoms with Crippen molar-refractivity contribution in [3.63, 3.8) is 0 Å². The lowest BCUT2D eigenvalue weighted by Crippen LogP contribution is -2.36. The van der Waals surface area contributed by atoms with E-state index in [0.717, 1.165) is 17.4 Å². The summed E-state index contributed by atoms with van der Waals surface area (Å²) in [5.74, 6) is -0.546. The summed E-state index contributed by atoms with van der Waals surface area (Å²) in [6, 6.07) is 9.78. The van der Waals surface area contributed by atoms with Crippen molar-refractivity contribution in [3.05, 3.63) is 58.9 Å². The molecule has 0 radical (unpaired) electrons. The Balaban J connectivity index is 1.57. The smallest absolute Gasteiger partial charge is 0.419 e. The number of hydrogen-bond acceptors (Lipinski definition) is 7. The number of unbranched alkanes of at least 4 members (excludes halogenated alkanes) is 2. The van der Waals surface area contributed by atoms with Crippen molar-refractivity contribution in [2.75, 3.05) is 19.8 Å². The van der Waals surface area contributed by atoms with Crippen molar-refractivity contribution in [2.24, 2.45) is 5.73 Å². The lowest BCUT2D eigenvalue weighted by molar-refractivity contribution is -0.138. The zero-order valence-electron chi connectivity index (χ0n) is 18.4. The molecule has 3 rings (SSSR count). The van der Waals surface area contributed by atoms with Crippen LogP contribution in [0.4, 0.5) is 17.6 Å². The molecule has 11 heteroatoms. The van der Waals surface area contributed by atoms with E-state index in [1.807, 2.05) is 0 Å². The number of benzene rings is 2. The standard InChI is InChI=1S/C23H25F4N3O3S/c1-22(28,14-31)21-30-29-20(34-21)15-9-10-18(16(13-15)23(25,26)27)32-11-5-2-6-12-33-19-8-4-3-7-17(19)24/h3-4,7-10,13,31H,2,5-6,11-12,14,28H2,1H3. The summed E-state index contributed by atoms with van der Waals surface area (Å²) in [4.78, 5) is 0. The Morgan fingerprint density at radius 2 is 1.65 bits per heavy atom. The van der Waals surface area contributed by atoms with Gasteiger partial charge in [0.25, 0.3) is 0 Å². The highest BCUT2D eigenvalue weighted by atomic mass is 32.1. The maximum absolute atomic E-state index is 13.6. The molecule has 1 aromatic heterocycles. The number of hydrogen-bond donors (Lipinski definition) is 2. The number of aliphatic hydroxyl groups is 1. The number of nitrogens with two attached hydrogens (primary N) is 1. The van der Waals surface area contributed by atoms with Gasteiger partial charge < -0.3 is 20.3 Å². The number of halogens is 4. The van der Waals surface area contributed by atoms with E-state index < -0.39 is 23.1 Å². The van der Waals surface area contributed by atoms with Crippen LogP contribution in [0.15, 0.2) is 42.5 Å². The quantitative estimate of drug-likeness (QED) is 0.280. The van der Waals surface area contributed by atoms with Crippen LogP contribution in [0.1, 0.15) is 36.8 Å². The van der Waals surface area contributed by atoms with Crippen molar-refractivity contribution in [1.82, 2.24) is 10.2 Å². The summed E-state index contributed by atoms with van der Waals surface area (Å²) in [7, 11) is 0. The molecule has 0 fully saturated rings. The summed E-state index contributed by atoms with van der Waals surface area (Å²) in [6.45, 7) is 1.57. The van der Waals surface area contributed by atoms with Crippen LogP contribution in [-0.4, -0.2) is 35.1 Å². The van der Waals surface area contributed by atoms with Gasteiger partial charge in [0.1, 0.15) is 15.8 Å². The van der Waals surface area contributed by atoms with Gasteiger partial charge in [-0.2, -0.15) is 13.2 Å². The Kier molecular flexibility index (Phi) is 8.45. The number of aromatic nitrogens is 2. The van der Waals surface area contributed by atoms with Crippen LogP contribution in [0, 0.1) is 5.82 Å². The Hall–Kier alpha value is -2.76. The molecule has 6 nitrogen and oxygen atoms in total. The van der Waals surface area contributed by atoms with Crippen molar-refractivity contribution < 1.29 is 32.1 Å². The second-order valence-corrected chi connectivity index (χ2v) is 8.86. The first-order chi connectivity index (χ1) is 16.1. The molecule has 1 unspecified atom stereocenters. The number of nitrogens with zero attached hydrogens (tertiary/aromatic N) is 2. The van der Waals surface area contributed by atoms with E-state index in [2.05, 4.69) is 10.2 Å². The predicted molar refractivity (Wildman–Crippen MR) is 120 cm³/mol. The molecule has 1 atom stereocenters. The van der Waals surface area contributed by atoms with Gasteiger partial charge in [-0.3, -0.25) is 0 Å². The molecule has 3 N–H and O–H groups in total. The Bertz CT molecular complexity index is 1090. The largest absolute Gasteiger partial charge is 0.493 e. The average molecular weight is 500 g/mol. The van der Waals surface area contributed by atoms with E-state index in [0.29, 0.717) is 30.9 Å². The Morgan fingerprint density at radius 1 is 0.971 bits per heavy atom. The highest BCUT2D eigenvalue weighted by Gasteiger charge is 2.35. The first-order valence-corrected chi connectivity index (χ1v) is 11.4. The maximum Gasteiger partial charge on any atom is 0.419 e. The van der Waals surface area contributed by atoms with Gasteiger partial charge in [-0.25, -0.2) is 4.39 Å². The Morgan fingerprint density at radius 3 is 2.29 bits per heavy atom. The fourth-order valence-corrected chi connectivity index (χ4v) is 3.84. The van der Waals surface area contributed by atoms with Crippen molar-refractivity contribution >= 4 is 11.3 Å². The number of alkyl halides is 3. The molecular weight excluding hydrogens is 474 g/mol. The lowest BCUT2D eigenvalue weighted by Gasteiger charge is -2.17. The third-order valence-corrected chi connectivity index (χ3v) is 6.17. The fraction of sp³-hybridized carbons (Fsp3) is 0.391.